The number of hydrogen-bond donors (Lipinski definition) is 1. The fraction of sp³-hybridized carbons (Fsp3) is 0.200. The van der Waals surface area contributed by atoms with Crippen LogP contribution in [0.3, 0.4) is 0 Å². The van der Waals surface area contributed by atoms with Gasteiger partial charge in [0.15, 0.2) is 0 Å². The molecule has 0 atom stereocenters. The summed E-state index contributed by atoms with van der Waals surface area (Å²) in [6, 6.07) is 15.3. The third kappa shape index (κ3) is 3.54. The Labute approximate surface area is 141 Å². The Kier molecular flexibility index (Phi) is 5.06. The van der Waals surface area contributed by atoms with E-state index >= 15 is 0 Å². The molecule has 0 bridgehead atoms. The average molecular weight is 320 g/mol. The largest absolute Gasteiger partial charge is 0.489 e. The van der Waals surface area contributed by atoms with E-state index in [-0.39, 0.29) is 5.91 Å². The fourth-order valence-electron chi connectivity index (χ4n) is 2.82. The average Bonchev–Trinajstić information content (AvgIpc) is 2.64. The van der Waals surface area contributed by atoms with Crippen LogP contribution in [0.4, 0.5) is 0 Å². The summed E-state index contributed by atoms with van der Waals surface area (Å²) in [6.45, 7) is 3.98. The molecule has 2 aromatic carbocycles. The maximum Gasteiger partial charge on any atom is 0.275 e. The van der Waals surface area contributed by atoms with Gasteiger partial charge in [-0.25, -0.2) is 5.43 Å². The van der Waals surface area contributed by atoms with Crippen LogP contribution < -0.4 is 10.2 Å². The standard InChI is InChI=1S/C20H20N2O2/c1-2-14-24-19-13-6-5-11-17(19)20(23)22-21-18-12-7-9-15-8-3-4-10-16(15)18/h2-6,8,10-11,13H,1,7,9,12,14H2,(H,22,23). The summed E-state index contributed by atoms with van der Waals surface area (Å²) in [4.78, 5) is 12.5. The van der Waals surface area contributed by atoms with E-state index in [9.17, 15) is 4.79 Å². The summed E-state index contributed by atoms with van der Waals surface area (Å²) in [5.74, 6) is 0.254. The molecule has 1 N–H and O–H groups in total. The fourth-order valence-corrected chi connectivity index (χ4v) is 2.82. The van der Waals surface area contributed by atoms with Crippen LogP contribution in [0.25, 0.3) is 0 Å². The van der Waals surface area contributed by atoms with Gasteiger partial charge in [-0.05, 0) is 37.0 Å². The minimum Gasteiger partial charge on any atom is -0.489 e. The van der Waals surface area contributed by atoms with Gasteiger partial charge in [0.1, 0.15) is 12.4 Å². The third-order valence-electron chi connectivity index (χ3n) is 3.97. The number of carbonyl (C=O) groups is 1. The number of nitrogens with one attached hydrogen (secondary N) is 1. The summed E-state index contributed by atoms with van der Waals surface area (Å²) in [7, 11) is 0. The van der Waals surface area contributed by atoms with Crippen LogP contribution in [-0.2, 0) is 6.42 Å². The molecule has 24 heavy (non-hydrogen) atoms. The molecular weight excluding hydrogens is 300 g/mol. The number of ether oxygens (including phenoxy) is 1. The van der Waals surface area contributed by atoms with Crippen molar-refractivity contribution >= 4 is 11.6 Å². The van der Waals surface area contributed by atoms with E-state index < -0.39 is 0 Å². The molecule has 0 saturated carbocycles. The number of fused-ring (bicyclic) bond motifs is 1. The normalized spacial score (nSPS) is 14.8. The quantitative estimate of drug-likeness (QED) is 0.674. The summed E-state index contributed by atoms with van der Waals surface area (Å²) in [5.41, 5.74) is 6.47. The van der Waals surface area contributed by atoms with Crippen LogP contribution in [0, 0.1) is 0 Å². The van der Waals surface area contributed by atoms with Crippen LogP contribution in [-0.4, -0.2) is 18.2 Å². The smallest absolute Gasteiger partial charge is 0.275 e. The summed E-state index contributed by atoms with van der Waals surface area (Å²) in [6.07, 6.45) is 4.62. The molecule has 0 heterocycles. The van der Waals surface area contributed by atoms with E-state index in [1.54, 1.807) is 24.3 Å². The van der Waals surface area contributed by atoms with E-state index in [1.807, 2.05) is 18.2 Å². The lowest BCUT2D eigenvalue weighted by atomic mass is 9.90. The van der Waals surface area contributed by atoms with Gasteiger partial charge in [-0.3, -0.25) is 4.79 Å². The van der Waals surface area contributed by atoms with Gasteiger partial charge >= 0.3 is 0 Å². The molecule has 1 aliphatic rings. The second-order valence-electron chi connectivity index (χ2n) is 5.61. The van der Waals surface area contributed by atoms with Gasteiger partial charge < -0.3 is 4.74 Å². The zero-order valence-corrected chi connectivity index (χ0v) is 13.5. The number of rotatable bonds is 5. The Balaban J connectivity index is 1.78. The molecule has 0 aromatic heterocycles. The molecule has 0 unspecified atom stereocenters. The van der Waals surface area contributed by atoms with Crippen LogP contribution in [0.5, 0.6) is 5.75 Å². The Morgan fingerprint density at radius 3 is 2.83 bits per heavy atom. The van der Waals surface area contributed by atoms with Crippen molar-refractivity contribution in [2.45, 2.75) is 19.3 Å². The number of hydrogen-bond acceptors (Lipinski definition) is 3. The first-order valence-corrected chi connectivity index (χ1v) is 8.07. The number of carbonyl (C=O) groups excluding carboxylic acids is 1. The van der Waals surface area contributed by atoms with Crippen molar-refractivity contribution in [1.82, 2.24) is 5.43 Å². The van der Waals surface area contributed by atoms with Crippen molar-refractivity contribution in [2.24, 2.45) is 5.10 Å². The first kappa shape index (κ1) is 16.0. The molecule has 1 amide bonds. The number of amides is 1. The van der Waals surface area contributed by atoms with Crippen molar-refractivity contribution in [2.75, 3.05) is 6.61 Å². The van der Waals surface area contributed by atoms with Crippen LogP contribution in [0.15, 0.2) is 66.3 Å². The zero-order chi connectivity index (χ0) is 16.8. The Bertz CT molecular complexity index is 781. The minimum absolute atomic E-state index is 0.273. The van der Waals surface area contributed by atoms with Gasteiger partial charge in [0.2, 0.25) is 0 Å². The molecule has 1 aliphatic carbocycles. The molecule has 4 nitrogen and oxygen atoms in total. The van der Waals surface area contributed by atoms with Crippen molar-refractivity contribution in [1.29, 1.82) is 0 Å². The Morgan fingerprint density at radius 2 is 1.96 bits per heavy atom. The lowest BCUT2D eigenvalue weighted by Gasteiger charge is -2.17. The molecule has 3 rings (SSSR count). The molecule has 0 spiro atoms. The van der Waals surface area contributed by atoms with Crippen LogP contribution in [0.1, 0.15) is 34.3 Å². The SMILES string of the molecule is C=CCOc1ccccc1C(=O)NN=C1CCCc2ccccc21. The summed E-state index contributed by atoms with van der Waals surface area (Å²) in [5, 5.41) is 4.36. The predicted octanol–water partition coefficient (Wildman–Crippen LogP) is 3.72. The number of hydrazone groups is 1. The van der Waals surface area contributed by atoms with Crippen LogP contribution in [0.2, 0.25) is 0 Å². The first-order valence-electron chi connectivity index (χ1n) is 8.07. The van der Waals surface area contributed by atoms with E-state index in [0.29, 0.717) is 17.9 Å². The van der Waals surface area contributed by atoms with Gasteiger partial charge in [-0.15, -0.1) is 0 Å². The van der Waals surface area contributed by atoms with Crippen molar-refractivity contribution in [3.05, 3.63) is 77.9 Å². The third-order valence-corrected chi connectivity index (χ3v) is 3.97. The highest BCUT2D eigenvalue weighted by Gasteiger charge is 2.16. The van der Waals surface area contributed by atoms with E-state index in [0.717, 1.165) is 30.5 Å². The van der Waals surface area contributed by atoms with E-state index in [1.165, 1.54) is 5.56 Å². The van der Waals surface area contributed by atoms with Crippen molar-refractivity contribution in [3.8, 4) is 5.75 Å². The molecule has 122 valence electrons. The zero-order valence-electron chi connectivity index (χ0n) is 13.5. The molecule has 0 radical (unpaired) electrons. The highest BCUT2D eigenvalue weighted by atomic mass is 16.5. The molecular formula is C20H20N2O2. The highest BCUT2D eigenvalue weighted by Crippen LogP contribution is 2.22. The minimum atomic E-state index is -0.273. The topological polar surface area (TPSA) is 50.7 Å². The summed E-state index contributed by atoms with van der Waals surface area (Å²) >= 11 is 0. The van der Waals surface area contributed by atoms with Gasteiger partial charge in [-0.1, -0.05) is 49.1 Å². The molecule has 0 aliphatic heterocycles. The van der Waals surface area contributed by atoms with Gasteiger partial charge in [-0.2, -0.15) is 5.10 Å². The Hall–Kier alpha value is -2.88. The number of benzene rings is 2. The van der Waals surface area contributed by atoms with Gasteiger partial charge in [0, 0.05) is 5.56 Å². The monoisotopic (exact) mass is 320 g/mol. The Morgan fingerprint density at radius 1 is 1.17 bits per heavy atom. The van der Waals surface area contributed by atoms with Gasteiger partial charge in [0.25, 0.3) is 5.91 Å². The van der Waals surface area contributed by atoms with Crippen LogP contribution >= 0.6 is 0 Å². The van der Waals surface area contributed by atoms with E-state index in [4.69, 9.17) is 4.74 Å². The number of nitrogens with zero attached hydrogens (tertiary/aromatic N) is 1. The second-order valence-corrected chi connectivity index (χ2v) is 5.61. The maximum atomic E-state index is 12.5. The highest BCUT2D eigenvalue weighted by molar-refractivity contribution is 6.04. The van der Waals surface area contributed by atoms with Gasteiger partial charge in [0.05, 0.1) is 11.3 Å². The predicted molar refractivity (Wildman–Crippen MR) is 95.5 cm³/mol. The van der Waals surface area contributed by atoms with Crippen molar-refractivity contribution in [3.63, 3.8) is 0 Å². The molecule has 0 saturated heterocycles. The molecule has 4 heteroatoms. The molecule has 2 aromatic rings. The maximum absolute atomic E-state index is 12.5. The summed E-state index contributed by atoms with van der Waals surface area (Å²) < 4.78 is 5.53. The van der Waals surface area contributed by atoms with E-state index in [2.05, 4.69) is 29.2 Å². The second kappa shape index (κ2) is 7.59. The number of aryl methyl sites for hydroxylation is 1. The first-order chi connectivity index (χ1) is 11.8. The van der Waals surface area contributed by atoms with Crippen molar-refractivity contribution < 1.29 is 9.53 Å². The number of para-hydroxylation sites is 1. The molecule has 0 fully saturated rings. The lowest BCUT2D eigenvalue weighted by molar-refractivity contribution is 0.0951. The lowest BCUT2D eigenvalue weighted by Crippen LogP contribution is -2.22.